The molecule has 0 aromatic carbocycles. The number of nitrogens with zero attached hydrogens (tertiary/aromatic N) is 1. The summed E-state index contributed by atoms with van der Waals surface area (Å²) in [6, 6.07) is 1.92. The minimum absolute atomic E-state index is 0.782. The van der Waals surface area contributed by atoms with Crippen molar-refractivity contribution in [3.05, 3.63) is 23.1 Å². The average Bonchev–Trinajstić information content (AvgIpc) is 2.15. The molecule has 1 aliphatic rings. The van der Waals surface area contributed by atoms with Crippen LogP contribution in [-0.2, 0) is 0 Å². The van der Waals surface area contributed by atoms with E-state index in [-0.39, 0.29) is 0 Å². The molecule has 8 heavy (non-hydrogen) atoms. The van der Waals surface area contributed by atoms with Gasteiger partial charge in [0.25, 0.3) is 0 Å². The van der Waals surface area contributed by atoms with Gasteiger partial charge in [0.15, 0.2) is 0 Å². The smallest absolute Gasteiger partial charge is 0.221 e. The highest BCUT2D eigenvalue weighted by Crippen LogP contribution is 1.78. The number of furan rings is 1. The zero-order chi connectivity index (χ0) is 5.40. The topological polar surface area (TPSA) is 25.5 Å². The Balaban J connectivity index is 3.08. The van der Waals surface area contributed by atoms with Gasteiger partial charge in [-0.15, -0.1) is 0 Å². The molecule has 0 amide bonds. The van der Waals surface area contributed by atoms with Crippen LogP contribution in [0, 0.1) is 0 Å². The normalized spacial score (nSPS) is 14.5. The Labute approximate surface area is 46.2 Å². The Hall–Kier alpha value is -1.05. The number of rotatable bonds is 0. The summed E-state index contributed by atoms with van der Waals surface area (Å²) >= 11 is 0. The maximum Gasteiger partial charge on any atom is 0.221 e. The van der Waals surface area contributed by atoms with E-state index in [9.17, 15) is 0 Å². The molecule has 0 spiro atoms. The second-order valence-corrected chi connectivity index (χ2v) is 1.73. The molecule has 2 heteroatoms. The molecule has 0 N–H and O–H groups in total. The van der Waals surface area contributed by atoms with Crippen LogP contribution in [0.5, 0.6) is 0 Å². The fourth-order valence-electron chi connectivity index (χ4n) is 0.822. The first kappa shape index (κ1) is 3.89. The largest absolute Gasteiger partial charge is 0.446 e. The first-order chi connectivity index (χ1) is 3.97. The van der Waals surface area contributed by atoms with E-state index in [0.717, 1.165) is 17.3 Å². The van der Waals surface area contributed by atoms with Crippen LogP contribution in [0.4, 0.5) is 0 Å². The maximum atomic E-state index is 4.98. The average molecular weight is 107 g/mol. The quantitative estimate of drug-likeness (QED) is 0.446. The third-order valence-electron chi connectivity index (χ3n) is 1.22. The molecule has 0 radical (unpaired) electrons. The molecule has 2 heterocycles. The van der Waals surface area contributed by atoms with Crippen molar-refractivity contribution in [1.29, 1.82) is 0 Å². The van der Waals surface area contributed by atoms with Crippen molar-refractivity contribution in [1.82, 2.24) is 0 Å². The fourth-order valence-corrected chi connectivity index (χ4v) is 0.822. The van der Waals surface area contributed by atoms with Crippen LogP contribution in [0.2, 0.25) is 0 Å². The van der Waals surface area contributed by atoms with Crippen molar-refractivity contribution in [3.8, 4) is 0 Å². The van der Waals surface area contributed by atoms with Crippen LogP contribution in [-0.4, -0.2) is 6.54 Å². The van der Waals surface area contributed by atoms with E-state index in [2.05, 4.69) is 4.99 Å². The number of hydrogen-bond acceptors (Lipinski definition) is 2. The highest BCUT2D eigenvalue weighted by atomic mass is 16.3. The molecule has 0 unspecified atom stereocenters. The SMILES string of the molecule is C1=c2ccoc2=NC1. The number of fused-ring (bicyclic) bond motifs is 1. The van der Waals surface area contributed by atoms with Crippen molar-refractivity contribution < 1.29 is 4.42 Å². The van der Waals surface area contributed by atoms with Gasteiger partial charge in [-0.05, 0) is 6.07 Å². The van der Waals surface area contributed by atoms with Gasteiger partial charge in [-0.2, -0.15) is 0 Å². The minimum atomic E-state index is 0.782. The van der Waals surface area contributed by atoms with Gasteiger partial charge in [0, 0.05) is 5.22 Å². The second kappa shape index (κ2) is 1.22. The molecule has 0 aliphatic carbocycles. The van der Waals surface area contributed by atoms with E-state index in [1.54, 1.807) is 6.26 Å². The summed E-state index contributed by atoms with van der Waals surface area (Å²) in [6.07, 6.45) is 3.70. The first-order valence-corrected chi connectivity index (χ1v) is 2.55. The lowest BCUT2D eigenvalue weighted by molar-refractivity contribution is 0.510. The van der Waals surface area contributed by atoms with Crippen LogP contribution < -0.4 is 10.8 Å². The van der Waals surface area contributed by atoms with E-state index in [1.807, 2.05) is 12.1 Å². The molecule has 2 rings (SSSR count). The van der Waals surface area contributed by atoms with Crippen molar-refractivity contribution in [2.24, 2.45) is 4.99 Å². The summed E-state index contributed by atoms with van der Waals surface area (Å²) in [5.41, 5.74) is 0.782. The predicted octanol–water partition coefficient (Wildman–Crippen LogP) is -0.307. The van der Waals surface area contributed by atoms with Crippen molar-refractivity contribution in [2.75, 3.05) is 6.54 Å². The Morgan fingerprint density at radius 2 is 2.62 bits per heavy atom. The molecule has 1 aromatic rings. The van der Waals surface area contributed by atoms with E-state index in [1.165, 1.54) is 0 Å². The highest BCUT2D eigenvalue weighted by Gasteiger charge is 1.93. The van der Waals surface area contributed by atoms with E-state index in [4.69, 9.17) is 4.42 Å². The van der Waals surface area contributed by atoms with Crippen molar-refractivity contribution >= 4 is 6.08 Å². The molecule has 40 valence electrons. The van der Waals surface area contributed by atoms with Crippen LogP contribution in [0.3, 0.4) is 0 Å². The van der Waals surface area contributed by atoms with Crippen LogP contribution >= 0.6 is 0 Å². The predicted molar refractivity (Wildman–Crippen MR) is 28.8 cm³/mol. The zero-order valence-electron chi connectivity index (χ0n) is 4.29. The molecule has 2 nitrogen and oxygen atoms in total. The van der Waals surface area contributed by atoms with Gasteiger partial charge in [-0.25, -0.2) is 4.99 Å². The molecular formula is C6H5NO. The van der Waals surface area contributed by atoms with E-state index in [0.29, 0.717) is 0 Å². The summed E-state index contributed by atoms with van der Waals surface area (Å²) in [5, 5.41) is 1.13. The minimum Gasteiger partial charge on any atom is -0.446 e. The summed E-state index contributed by atoms with van der Waals surface area (Å²) in [4.78, 5) is 4.04. The van der Waals surface area contributed by atoms with Crippen LogP contribution in [0.25, 0.3) is 6.08 Å². The third-order valence-corrected chi connectivity index (χ3v) is 1.22. The summed E-state index contributed by atoms with van der Waals surface area (Å²) in [7, 11) is 0. The fraction of sp³-hybridized carbons (Fsp3) is 0.167. The van der Waals surface area contributed by atoms with Gasteiger partial charge in [-0.1, -0.05) is 6.08 Å². The van der Waals surface area contributed by atoms with Gasteiger partial charge >= 0.3 is 0 Å². The maximum absolute atomic E-state index is 4.98. The first-order valence-electron chi connectivity index (χ1n) is 2.55. The molecule has 0 fully saturated rings. The standard InChI is InChI=1S/C6H5NO/c1-3-7-6-5(1)2-4-8-6/h1-2,4H,3H2. The van der Waals surface area contributed by atoms with Gasteiger partial charge < -0.3 is 4.42 Å². The molecule has 1 aromatic heterocycles. The van der Waals surface area contributed by atoms with Crippen molar-refractivity contribution in [3.63, 3.8) is 0 Å². The van der Waals surface area contributed by atoms with E-state index >= 15 is 0 Å². The van der Waals surface area contributed by atoms with Crippen LogP contribution in [0.1, 0.15) is 0 Å². The third kappa shape index (κ3) is 0.346. The van der Waals surface area contributed by atoms with Gasteiger partial charge in [0.1, 0.15) is 0 Å². The molecule has 0 saturated carbocycles. The molecule has 0 bridgehead atoms. The van der Waals surface area contributed by atoms with Gasteiger partial charge in [0.2, 0.25) is 5.55 Å². The summed E-state index contributed by atoms with van der Waals surface area (Å²) in [6.45, 7) is 0.787. The van der Waals surface area contributed by atoms with Crippen LogP contribution in [0.15, 0.2) is 21.7 Å². The van der Waals surface area contributed by atoms with Gasteiger partial charge in [0.05, 0.1) is 12.8 Å². The highest BCUT2D eigenvalue weighted by molar-refractivity contribution is 5.25. The Morgan fingerprint density at radius 3 is 3.50 bits per heavy atom. The van der Waals surface area contributed by atoms with E-state index < -0.39 is 0 Å². The monoisotopic (exact) mass is 107 g/mol. The zero-order valence-corrected chi connectivity index (χ0v) is 4.29. The molecular weight excluding hydrogens is 102 g/mol. The molecule has 1 aliphatic heterocycles. The summed E-state index contributed by atoms with van der Waals surface area (Å²) < 4.78 is 4.98. The Bertz CT molecular complexity index is 268. The van der Waals surface area contributed by atoms with Crippen molar-refractivity contribution in [2.45, 2.75) is 0 Å². The lowest BCUT2D eigenvalue weighted by Crippen LogP contribution is -2.14. The summed E-state index contributed by atoms with van der Waals surface area (Å²) in [5.74, 6) is 0. The second-order valence-electron chi connectivity index (χ2n) is 1.73. The molecule has 0 atom stereocenters. The lowest BCUT2D eigenvalue weighted by Gasteiger charge is -1.66. The molecule has 0 saturated heterocycles. The lowest BCUT2D eigenvalue weighted by atomic mass is 10.4. The Kier molecular flexibility index (Phi) is 0.592. The Morgan fingerprint density at radius 1 is 1.62 bits per heavy atom. The number of hydrogen-bond donors (Lipinski definition) is 0. The van der Waals surface area contributed by atoms with Gasteiger partial charge in [-0.3, -0.25) is 0 Å².